The van der Waals surface area contributed by atoms with Gasteiger partial charge >= 0.3 is 0 Å². The molecule has 2 N–H and O–H groups in total. The number of hydrogen-bond acceptors (Lipinski definition) is 11. The van der Waals surface area contributed by atoms with Gasteiger partial charge in [-0.15, -0.1) is 0 Å². The molecule has 3 aromatic carbocycles. The van der Waals surface area contributed by atoms with Crippen molar-refractivity contribution in [3.63, 3.8) is 0 Å². The molecule has 0 aliphatic carbocycles. The Hall–Kier alpha value is -4.52. The summed E-state index contributed by atoms with van der Waals surface area (Å²) >= 11 is 0. The van der Waals surface area contributed by atoms with E-state index >= 15 is 0 Å². The molecule has 1 unspecified atom stereocenters. The molecule has 4 aromatic rings. The van der Waals surface area contributed by atoms with Gasteiger partial charge in [0.05, 0.1) is 44.4 Å². The highest BCUT2D eigenvalue weighted by atomic mass is 32.2. The molecular weight excluding hydrogens is 773 g/mol. The lowest BCUT2D eigenvalue weighted by Gasteiger charge is -2.36. The number of piperidine rings is 1. The third-order valence-electron chi connectivity index (χ3n) is 10.3. The molecule has 2 fully saturated rings. The molecule has 2 saturated heterocycles. The number of rotatable bonds is 13. The lowest BCUT2D eigenvalue weighted by molar-refractivity contribution is 0.0779. The summed E-state index contributed by atoms with van der Waals surface area (Å²) < 4.78 is 96.8. The SMILES string of the molecule is COc1cc(C(=O)N2CCC(CCN3CCC(Nc4nc5ccccc5n4CCS(C)(=O)=O)CC3)(c3ccc(F)c(F)c3)C2)cc(OC)c1OC.CS(=O)(=O)O. The van der Waals surface area contributed by atoms with Crippen molar-refractivity contribution < 1.29 is 49.2 Å². The molecule has 0 bridgehead atoms. The summed E-state index contributed by atoms with van der Waals surface area (Å²) in [5.41, 5.74) is 2.17. The van der Waals surface area contributed by atoms with Gasteiger partial charge in [-0.1, -0.05) is 18.2 Å². The van der Waals surface area contributed by atoms with Crippen molar-refractivity contribution in [3.8, 4) is 17.2 Å². The molecule has 1 aromatic heterocycles. The van der Waals surface area contributed by atoms with E-state index in [0.717, 1.165) is 43.0 Å². The second-order valence-corrected chi connectivity index (χ2v) is 18.0. The quantitative estimate of drug-likeness (QED) is 0.180. The number of imidazole rings is 1. The van der Waals surface area contributed by atoms with Crippen LogP contribution >= 0.6 is 0 Å². The number of carbonyl (C=O) groups is 1. The summed E-state index contributed by atoms with van der Waals surface area (Å²) in [4.78, 5) is 22.8. The monoisotopic (exact) mass is 821 g/mol. The third kappa shape index (κ3) is 10.7. The van der Waals surface area contributed by atoms with Crippen molar-refractivity contribution in [2.24, 2.45) is 0 Å². The van der Waals surface area contributed by atoms with Gasteiger partial charge in [0.25, 0.3) is 16.0 Å². The number of hydrogen-bond donors (Lipinski definition) is 2. The van der Waals surface area contributed by atoms with E-state index < -0.39 is 37.0 Å². The summed E-state index contributed by atoms with van der Waals surface area (Å²) in [5, 5.41) is 3.58. The number of methoxy groups -OCH3 is 3. The molecular formula is C38H49F2N5O9S2. The maximum atomic E-state index is 14.6. The number of aromatic nitrogens is 2. The van der Waals surface area contributed by atoms with Crippen molar-refractivity contribution in [2.45, 2.75) is 43.7 Å². The zero-order valence-electron chi connectivity index (χ0n) is 32.1. The number of ether oxygens (including phenoxy) is 3. The van der Waals surface area contributed by atoms with E-state index in [2.05, 4.69) is 10.2 Å². The number of amides is 1. The average molecular weight is 822 g/mol. The normalized spacial score (nSPS) is 18.0. The fourth-order valence-corrected chi connectivity index (χ4v) is 7.88. The first-order valence-electron chi connectivity index (χ1n) is 18.0. The molecule has 3 heterocycles. The number of anilines is 1. The van der Waals surface area contributed by atoms with Crippen LogP contribution in [0.3, 0.4) is 0 Å². The highest BCUT2D eigenvalue weighted by molar-refractivity contribution is 7.90. The highest BCUT2D eigenvalue weighted by Crippen LogP contribution is 2.42. The zero-order chi connectivity index (χ0) is 40.8. The van der Waals surface area contributed by atoms with Gasteiger partial charge in [-0.2, -0.15) is 8.42 Å². The van der Waals surface area contributed by atoms with Crippen LogP contribution in [0.4, 0.5) is 14.7 Å². The Morgan fingerprint density at radius 2 is 1.55 bits per heavy atom. The second-order valence-electron chi connectivity index (χ2n) is 14.2. The maximum Gasteiger partial charge on any atom is 0.261 e. The van der Waals surface area contributed by atoms with Crippen LogP contribution in [-0.4, -0.2) is 125 Å². The highest BCUT2D eigenvalue weighted by Gasteiger charge is 2.42. The predicted octanol–water partition coefficient (Wildman–Crippen LogP) is 4.64. The molecule has 2 aliphatic rings. The standard InChI is InChI=1S/C37H45F2N5O6S.CH4O3S/c1-48-32-21-25(22-33(49-2)34(32)50-3)35(45)43-18-14-37(24-43,26-9-10-28(38)29(39)23-26)13-17-42-15-11-27(12-16-42)40-36-41-30-7-5-6-8-31(30)44(36)19-20-51(4,46)47;1-5(2,3)4/h5-10,21-23,27H,11-20,24H2,1-4H3,(H,40,41);1H3,(H,2,3,4). The van der Waals surface area contributed by atoms with Crippen molar-refractivity contribution in [3.05, 3.63) is 77.4 Å². The van der Waals surface area contributed by atoms with Gasteiger partial charge in [-0.3, -0.25) is 9.35 Å². The number of halogens is 2. The molecule has 14 nitrogen and oxygen atoms in total. The van der Waals surface area contributed by atoms with Gasteiger partial charge in [0, 0.05) is 56.0 Å². The Kier molecular flexibility index (Phi) is 13.5. The number of aryl methyl sites for hydroxylation is 1. The van der Waals surface area contributed by atoms with E-state index in [0.29, 0.717) is 79.6 Å². The van der Waals surface area contributed by atoms with Crippen LogP contribution in [0.15, 0.2) is 54.6 Å². The lowest BCUT2D eigenvalue weighted by atomic mass is 9.76. The predicted molar refractivity (Wildman–Crippen MR) is 209 cm³/mol. The summed E-state index contributed by atoms with van der Waals surface area (Å²) in [6.45, 7) is 3.43. The molecule has 1 atom stereocenters. The Morgan fingerprint density at radius 1 is 0.911 bits per heavy atom. The van der Waals surface area contributed by atoms with Crippen LogP contribution in [0.5, 0.6) is 17.2 Å². The first-order valence-corrected chi connectivity index (χ1v) is 21.9. The molecule has 56 heavy (non-hydrogen) atoms. The number of likely N-dealkylation sites (tertiary alicyclic amines) is 2. The Labute approximate surface area is 326 Å². The minimum Gasteiger partial charge on any atom is -0.493 e. The number of fused-ring (bicyclic) bond motifs is 1. The first-order chi connectivity index (χ1) is 26.4. The molecule has 306 valence electrons. The molecule has 0 spiro atoms. The zero-order valence-corrected chi connectivity index (χ0v) is 33.8. The van der Waals surface area contributed by atoms with E-state index in [1.54, 1.807) is 23.1 Å². The fourth-order valence-electron chi connectivity index (χ4n) is 7.37. The van der Waals surface area contributed by atoms with Crippen molar-refractivity contribution in [1.82, 2.24) is 19.4 Å². The van der Waals surface area contributed by atoms with Crippen LogP contribution in [-0.2, 0) is 31.9 Å². The van der Waals surface area contributed by atoms with Crippen molar-refractivity contribution in [2.75, 3.05) is 77.6 Å². The van der Waals surface area contributed by atoms with E-state index in [9.17, 15) is 30.4 Å². The van der Waals surface area contributed by atoms with Crippen LogP contribution < -0.4 is 19.5 Å². The number of sulfone groups is 1. The molecule has 0 saturated carbocycles. The number of carbonyl (C=O) groups excluding carboxylic acids is 1. The summed E-state index contributed by atoms with van der Waals surface area (Å²) in [7, 11) is -2.34. The van der Waals surface area contributed by atoms with Crippen LogP contribution in [0, 0.1) is 11.6 Å². The van der Waals surface area contributed by atoms with Gasteiger partial charge in [0.15, 0.2) is 23.1 Å². The van der Waals surface area contributed by atoms with Gasteiger partial charge < -0.3 is 33.9 Å². The fraction of sp³-hybridized carbons (Fsp3) is 0.474. The number of nitrogens with zero attached hydrogens (tertiary/aromatic N) is 4. The minimum atomic E-state index is -3.67. The topological polar surface area (TPSA) is 170 Å². The molecule has 2 aliphatic heterocycles. The lowest BCUT2D eigenvalue weighted by Crippen LogP contribution is -2.42. The largest absolute Gasteiger partial charge is 0.493 e. The van der Waals surface area contributed by atoms with Gasteiger partial charge in [0.1, 0.15) is 9.84 Å². The van der Waals surface area contributed by atoms with E-state index in [-0.39, 0.29) is 17.7 Å². The van der Waals surface area contributed by atoms with E-state index in [1.807, 2.05) is 28.8 Å². The van der Waals surface area contributed by atoms with Gasteiger partial charge in [-0.05, 0) is 74.2 Å². The minimum absolute atomic E-state index is 0.0195. The summed E-state index contributed by atoms with van der Waals surface area (Å²) in [6.07, 6.45) is 4.89. The smallest absolute Gasteiger partial charge is 0.261 e. The Bertz CT molecular complexity index is 2210. The van der Waals surface area contributed by atoms with Crippen LogP contribution in [0.2, 0.25) is 0 Å². The van der Waals surface area contributed by atoms with Crippen LogP contribution in [0.1, 0.15) is 41.6 Å². The van der Waals surface area contributed by atoms with Gasteiger partial charge in [-0.25, -0.2) is 22.2 Å². The number of benzene rings is 3. The third-order valence-corrected chi connectivity index (χ3v) is 11.2. The molecule has 1 amide bonds. The molecule has 18 heteroatoms. The maximum absolute atomic E-state index is 14.6. The van der Waals surface area contributed by atoms with Crippen molar-refractivity contribution in [1.29, 1.82) is 0 Å². The Morgan fingerprint density at radius 3 is 2.14 bits per heavy atom. The summed E-state index contributed by atoms with van der Waals surface area (Å²) in [5.74, 6) is -0.214. The van der Waals surface area contributed by atoms with Crippen molar-refractivity contribution >= 4 is 42.8 Å². The summed E-state index contributed by atoms with van der Waals surface area (Å²) in [6, 6.07) is 15.2. The van der Waals surface area contributed by atoms with E-state index in [1.165, 1.54) is 33.7 Å². The van der Waals surface area contributed by atoms with E-state index in [4.69, 9.17) is 23.7 Å². The average Bonchev–Trinajstić information content (AvgIpc) is 3.75. The molecule has 0 radical (unpaired) electrons. The number of nitrogens with one attached hydrogen (secondary N) is 1. The molecule has 6 rings (SSSR count). The second kappa shape index (κ2) is 17.7. The first kappa shape index (κ1) is 42.6. The van der Waals surface area contributed by atoms with Gasteiger partial charge in [0.2, 0.25) is 11.7 Å². The Balaban J connectivity index is 0.00000113. The van der Waals surface area contributed by atoms with Crippen LogP contribution in [0.25, 0.3) is 11.0 Å². The number of para-hydroxylation sites is 2.